The minimum absolute atomic E-state index is 0.00350. The van der Waals surface area contributed by atoms with E-state index in [1.807, 2.05) is 30.3 Å². The monoisotopic (exact) mass is 355 g/mol. The van der Waals surface area contributed by atoms with E-state index in [4.69, 9.17) is 0 Å². The molecule has 128 valence electrons. The third-order valence-electron chi connectivity index (χ3n) is 3.60. The van der Waals surface area contributed by atoms with Gasteiger partial charge in [0.25, 0.3) is 5.91 Å². The fourth-order valence-corrected chi connectivity index (χ4v) is 3.33. The second-order valence-corrected chi connectivity index (χ2v) is 7.59. The Morgan fingerprint density at radius 1 is 1.04 bits per heavy atom. The summed E-state index contributed by atoms with van der Waals surface area (Å²) in [6, 6.07) is 17.6. The van der Waals surface area contributed by atoms with Crippen molar-refractivity contribution in [2.24, 2.45) is 0 Å². The average molecular weight is 355 g/mol. The molecule has 0 spiro atoms. The van der Waals surface area contributed by atoms with Crippen molar-refractivity contribution < 1.29 is 13.2 Å². The highest BCUT2D eigenvalue weighted by atomic mass is 32.2. The third kappa shape index (κ3) is 4.13. The molecule has 25 heavy (non-hydrogen) atoms. The van der Waals surface area contributed by atoms with E-state index in [0.29, 0.717) is 12.4 Å². The van der Waals surface area contributed by atoms with Crippen molar-refractivity contribution in [1.82, 2.24) is 9.78 Å². The Hall–Kier alpha value is -2.93. The van der Waals surface area contributed by atoms with Crippen molar-refractivity contribution in [2.75, 3.05) is 11.6 Å². The Morgan fingerprint density at radius 3 is 2.44 bits per heavy atom. The summed E-state index contributed by atoms with van der Waals surface area (Å²) in [5.41, 5.74) is 1.19. The van der Waals surface area contributed by atoms with Crippen LogP contribution < -0.4 is 5.32 Å². The zero-order valence-corrected chi connectivity index (χ0v) is 14.4. The molecule has 0 fully saturated rings. The van der Waals surface area contributed by atoms with Gasteiger partial charge in [-0.05, 0) is 17.7 Å². The van der Waals surface area contributed by atoms with Gasteiger partial charge in [-0.1, -0.05) is 42.5 Å². The fraction of sp³-hybridized carbons (Fsp3) is 0.111. The van der Waals surface area contributed by atoms with Crippen molar-refractivity contribution in [3.63, 3.8) is 0 Å². The first-order chi connectivity index (χ1) is 11.9. The molecule has 0 saturated heterocycles. The maximum atomic E-state index is 12.4. The number of anilines is 1. The van der Waals surface area contributed by atoms with Gasteiger partial charge in [-0.25, -0.2) is 8.42 Å². The van der Waals surface area contributed by atoms with Gasteiger partial charge in [0.1, 0.15) is 0 Å². The van der Waals surface area contributed by atoms with E-state index in [1.54, 1.807) is 29.1 Å². The lowest BCUT2D eigenvalue weighted by atomic mass is 10.2. The lowest BCUT2D eigenvalue weighted by molar-refractivity contribution is 0.102. The molecule has 2 aromatic carbocycles. The van der Waals surface area contributed by atoms with Gasteiger partial charge in [0, 0.05) is 18.5 Å². The predicted molar refractivity (Wildman–Crippen MR) is 95.3 cm³/mol. The second-order valence-electron chi connectivity index (χ2n) is 5.61. The van der Waals surface area contributed by atoms with Gasteiger partial charge in [-0.15, -0.1) is 0 Å². The molecule has 0 bridgehead atoms. The molecule has 7 heteroatoms. The lowest BCUT2D eigenvalue weighted by Gasteiger charge is -2.07. The summed E-state index contributed by atoms with van der Waals surface area (Å²) in [6.07, 6.45) is 2.83. The van der Waals surface area contributed by atoms with Crippen LogP contribution in [0.1, 0.15) is 15.9 Å². The normalized spacial score (nSPS) is 11.2. The van der Waals surface area contributed by atoms with Gasteiger partial charge in [0.05, 0.1) is 17.0 Å². The molecular weight excluding hydrogens is 338 g/mol. The highest BCUT2D eigenvalue weighted by molar-refractivity contribution is 7.90. The summed E-state index contributed by atoms with van der Waals surface area (Å²) in [7, 11) is -3.49. The maximum absolute atomic E-state index is 12.4. The number of amides is 1. The summed E-state index contributed by atoms with van der Waals surface area (Å²) in [5.74, 6) is -0.143. The number of hydrogen-bond donors (Lipinski definition) is 1. The molecule has 3 aromatic rings. The van der Waals surface area contributed by atoms with Crippen molar-refractivity contribution in [3.05, 3.63) is 78.0 Å². The summed E-state index contributed by atoms with van der Waals surface area (Å²) in [5, 5.41) is 6.94. The van der Waals surface area contributed by atoms with Gasteiger partial charge < -0.3 is 5.32 Å². The Morgan fingerprint density at radius 2 is 1.72 bits per heavy atom. The first-order valence-corrected chi connectivity index (χ1v) is 9.50. The van der Waals surface area contributed by atoms with Crippen LogP contribution in [-0.4, -0.2) is 30.4 Å². The number of carbonyl (C=O) groups is 1. The SMILES string of the molecule is CS(=O)(=O)c1ccccc1C(=O)Nc1ccn(Cc2ccccc2)n1. The van der Waals surface area contributed by atoms with Crippen molar-refractivity contribution in [2.45, 2.75) is 11.4 Å². The molecule has 0 unspecified atom stereocenters. The zero-order chi connectivity index (χ0) is 17.9. The summed E-state index contributed by atoms with van der Waals surface area (Å²) >= 11 is 0. The summed E-state index contributed by atoms with van der Waals surface area (Å²) in [6.45, 7) is 0.580. The van der Waals surface area contributed by atoms with Crippen LogP contribution in [0.5, 0.6) is 0 Å². The predicted octanol–water partition coefficient (Wildman–Crippen LogP) is 2.59. The molecular formula is C18H17N3O3S. The Kier molecular flexibility index (Phi) is 4.67. The molecule has 0 radical (unpaired) electrons. The largest absolute Gasteiger partial charge is 0.305 e. The van der Waals surface area contributed by atoms with Crippen LogP contribution in [0.15, 0.2) is 71.8 Å². The van der Waals surface area contributed by atoms with E-state index < -0.39 is 15.7 Å². The van der Waals surface area contributed by atoms with E-state index in [0.717, 1.165) is 11.8 Å². The van der Waals surface area contributed by atoms with Crippen LogP contribution in [0.3, 0.4) is 0 Å². The topological polar surface area (TPSA) is 81.1 Å². The number of hydrogen-bond acceptors (Lipinski definition) is 4. The average Bonchev–Trinajstić information content (AvgIpc) is 3.02. The molecule has 6 nitrogen and oxygen atoms in total. The quantitative estimate of drug-likeness (QED) is 0.763. The highest BCUT2D eigenvalue weighted by Crippen LogP contribution is 2.17. The van der Waals surface area contributed by atoms with Crippen LogP contribution in [0, 0.1) is 0 Å². The van der Waals surface area contributed by atoms with Gasteiger partial charge in [0.15, 0.2) is 15.7 Å². The molecule has 0 aliphatic heterocycles. The van der Waals surface area contributed by atoms with Gasteiger partial charge in [-0.3, -0.25) is 9.48 Å². The molecule has 1 N–H and O–H groups in total. The molecule has 3 rings (SSSR count). The van der Waals surface area contributed by atoms with Crippen LogP contribution in [0.2, 0.25) is 0 Å². The van der Waals surface area contributed by atoms with Gasteiger partial charge >= 0.3 is 0 Å². The first kappa shape index (κ1) is 16.9. The maximum Gasteiger partial charge on any atom is 0.258 e. The minimum Gasteiger partial charge on any atom is -0.305 e. The first-order valence-electron chi connectivity index (χ1n) is 7.61. The van der Waals surface area contributed by atoms with Crippen LogP contribution in [0.4, 0.5) is 5.82 Å². The third-order valence-corrected chi connectivity index (χ3v) is 4.76. The Bertz CT molecular complexity index is 995. The second kappa shape index (κ2) is 6.90. The molecule has 0 atom stereocenters. The molecule has 1 aromatic heterocycles. The van der Waals surface area contributed by atoms with E-state index >= 15 is 0 Å². The molecule has 0 aliphatic rings. The highest BCUT2D eigenvalue weighted by Gasteiger charge is 2.18. The smallest absolute Gasteiger partial charge is 0.258 e. The molecule has 1 amide bonds. The van der Waals surface area contributed by atoms with Crippen molar-refractivity contribution >= 4 is 21.6 Å². The van der Waals surface area contributed by atoms with E-state index in [9.17, 15) is 13.2 Å². The number of nitrogens with zero attached hydrogens (tertiary/aromatic N) is 2. The standard InChI is InChI=1S/C18H17N3O3S/c1-25(23,24)16-10-6-5-9-15(16)18(22)19-17-11-12-21(20-17)13-14-7-3-2-4-8-14/h2-12H,13H2,1H3,(H,19,20,22). The van der Waals surface area contributed by atoms with Crippen LogP contribution in [0.25, 0.3) is 0 Å². The van der Waals surface area contributed by atoms with Crippen molar-refractivity contribution in [1.29, 1.82) is 0 Å². The number of nitrogens with one attached hydrogen (secondary N) is 1. The van der Waals surface area contributed by atoms with Crippen LogP contribution in [-0.2, 0) is 16.4 Å². The lowest BCUT2D eigenvalue weighted by Crippen LogP contribution is -2.16. The van der Waals surface area contributed by atoms with Gasteiger partial charge in [-0.2, -0.15) is 5.10 Å². The molecule has 0 aliphatic carbocycles. The zero-order valence-electron chi connectivity index (χ0n) is 13.6. The number of sulfone groups is 1. The number of aromatic nitrogens is 2. The molecule has 1 heterocycles. The summed E-state index contributed by atoms with van der Waals surface area (Å²) < 4.78 is 25.3. The van der Waals surface area contributed by atoms with Gasteiger partial charge in [0.2, 0.25) is 0 Å². The Labute approximate surface area is 146 Å². The summed E-state index contributed by atoms with van der Waals surface area (Å²) in [4.78, 5) is 12.4. The van der Waals surface area contributed by atoms with E-state index in [-0.39, 0.29) is 10.5 Å². The van der Waals surface area contributed by atoms with Crippen molar-refractivity contribution in [3.8, 4) is 0 Å². The number of carbonyl (C=O) groups excluding carboxylic acids is 1. The van der Waals surface area contributed by atoms with E-state index in [1.165, 1.54) is 12.1 Å². The molecule has 0 saturated carbocycles. The Balaban J connectivity index is 1.77. The fourth-order valence-electron chi connectivity index (χ4n) is 2.45. The van der Waals surface area contributed by atoms with E-state index in [2.05, 4.69) is 10.4 Å². The number of benzene rings is 2. The minimum atomic E-state index is -3.49. The number of rotatable bonds is 5. The van der Waals surface area contributed by atoms with Crippen LogP contribution >= 0.6 is 0 Å².